The third kappa shape index (κ3) is 4.80. The Morgan fingerprint density at radius 3 is 2.28 bits per heavy atom. The summed E-state index contributed by atoms with van der Waals surface area (Å²) in [7, 11) is 0. The molecule has 1 aromatic carbocycles. The average Bonchev–Trinajstić information content (AvgIpc) is 2.89. The van der Waals surface area contributed by atoms with Crippen LogP contribution in [0.5, 0.6) is 0 Å². The van der Waals surface area contributed by atoms with Gasteiger partial charge in [-0.25, -0.2) is 0 Å². The highest BCUT2D eigenvalue weighted by Crippen LogP contribution is 2.26. The van der Waals surface area contributed by atoms with E-state index in [0.29, 0.717) is 5.91 Å². The molecular weight excluding hydrogens is 398 g/mol. The fourth-order valence-corrected chi connectivity index (χ4v) is 5.66. The summed E-state index contributed by atoms with van der Waals surface area (Å²) in [5.41, 5.74) is 1.96. The highest BCUT2D eigenvalue weighted by atomic mass is 16.2. The molecule has 3 heterocycles. The maximum absolute atomic E-state index is 13.3. The van der Waals surface area contributed by atoms with Gasteiger partial charge in [0.25, 0.3) is 0 Å². The van der Waals surface area contributed by atoms with Crippen LogP contribution >= 0.6 is 0 Å². The molecule has 2 saturated heterocycles. The number of piperazine rings is 1. The summed E-state index contributed by atoms with van der Waals surface area (Å²) >= 11 is 0. The first-order valence-electron chi connectivity index (χ1n) is 12.4. The van der Waals surface area contributed by atoms with Crippen molar-refractivity contribution in [1.82, 2.24) is 20.0 Å². The monoisotopic (exact) mass is 433 g/mol. The van der Waals surface area contributed by atoms with Crippen LogP contribution in [-0.2, 0) is 4.79 Å². The summed E-state index contributed by atoms with van der Waals surface area (Å²) in [5.74, 6) is 1.29. The maximum Gasteiger partial charge on any atom is 0.227 e. The number of hydrogen-bond acceptors (Lipinski definition) is 5. The quantitative estimate of drug-likeness (QED) is 0.733. The van der Waals surface area contributed by atoms with E-state index in [1.807, 2.05) is 42.5 Å². The molecule has 0 spiro atoms. The molecule has 32 heavy (non-hydrogen) atoms. The summed E-state index contributed by atoms with van der Waals surface area (Å²) < 4.78 is 0. The molecule has 5 rings (SSSR count). The molecule has 0 N–H and O–H groups in total. The number of anilines is 1. The Kier molecular flexibility index (Phi) is 6.67. The number of hydrogen-bond donors (Lipinski definition) is 0. The van der Waals surface area contributed by atoms with E-state index in [1.165, 1.54) is 32.1 Å². The van der Waals surface area contributed by atoms with Crippen molar-refractivity contribution in [1.29, 1.82) is 0 Å². The third-order valence-electron chi connectivity index (χ3n) is 7.53. The molecule has 6 nitrogen and oxygen atoms in total. The van der Waals surface area contributed by atoms with Gasteiger partial charge >= 0.3 is 0 Å². The van der Waals surface area contributed by atoms with Crippen LogP contribution in [0.4, 0.5) is 5.82 Å². The number of aromatic nitrogens is 2. The molecule has 1 saturated carbocycles. The molecule has 3 aliphatic rings. The number of amides is 1. The minimum Gasteiger partial charge on any atom is -0.354 e. The van der Waals surface area contributed by atoms with Gasteiger partial charge in [-0.1, -0.05) is 49.6 Å². The average molecular weight is 434 g/mol. The first kappa shape index (κ1) is 21.4. The standard InChI is InChI=1S/C26H35N5O/c32-26(30-18-16-29(17-19-30)23-11-5-2-6-12-23)22-10-7-15-31(20-22)25-14-13-24(27-28-25)21-8-3-1-4-9-21/h1,3-4,8-9,13-14,22-23H,2,5-7,10-12,15-20H2/t22-/m1/s1. The zero-order valence-electron chi connectivity index (χ0n) is 19.0. The van der Waals surface area contributed by atoms with Gasteiger partial charge in [-0.15, -0.1) is 10.2 Å². The van der Waals surface area contributed by atoms with Gasteiger partial charge in [0.2, 0.25) is 5.91 Å². The van der Waals surface area contributed by atoms with E-state index in [1.54, 1.807) is 0 Å². The van der Waals surface area contributed by atoms with E-state index < -0.39 is 0 Å². The van der Waals surface area contributed by atoms with Crippen molar-refractivity contribution in [3.63, 3.8) is 0 Å². The highest BCUT2D eigenvalue weighted by Gasteiger charge is 2.33. The van der Waals surface area contributed by atoms with E-state index in [9.17, 15) is 4.79 Å². The van der Waals surface area contributed by atoms with Crippen LogP contribution in [0.25, 0.3) is 11.3 Å². The lowest BCUT2D eigenvalue weighted by Crippen LogP contribution is -2.54. The fraction of sp³-hybridized carbons (Fsp3) is 0.577. The number of carbonyl (C=O) groups excluding carboxylic acids is 1. The molecule has 1 aromatic heterocycles. The lowest BCUT2D eigenvalue weighted by molar-refractivity contribution is -0.138. The smallest absolute Gasteiger partial charge is 0.227 e. The number of piperidine rings is 1. The van der Waals surface area contributed by atoms with Crippen molar-refractivity contribution in [3.8, 4) is 11.3 Å². The second kappa shape index (κ2) is 9.99. The van der Waals surface area contributed by atoms with Gasteiger partial charge in [0.1, 0.15) is 0 Å². The Morgan fingerprint density at radius 2 is 1.56 bits per heavy atom. The van der Waals surface area contributed by atoms with Gasteiger partial charge in [0, 0.05) is 50.9 Å². The van der Waals surface area contributed by atoms with Crippen molar-refractivity contribution in [2.24, 2.45) is 5.92 Å². The third-order valence-corrected chi connectivity index (χ3v) is 7.53. The van der Waals surface area contributed by atoms with E-state index in [2.05, 4.69) is 24.9 Å². The summed E-state index contributed by atoms with van der Waals surface area (Å²) in [6.07, 6.45) is 8.83. The SMILES string of the molecule is O=C([C@@H]1CCCN(c2ccc(-c3ccccc3)nn2)C1)N1CCN(C2CCCCC2)CC1. The topological polar surface area (TPSA) is 52.6 Å². The molecular formula is C26H35N5O. The molecule has 0 radical (unpaired) electrons. The lowest BCUT2D eigenvalue weighted by Gasteiger charge is -2.42. The highest BCUT2D eigenvalue weighted by molar-refractivity contribution is 5.80. The van der Waals surface area contributed by atoms with Crippen LogP contribution in [0.3, 0.4) is 0 Å². The zero-order valence-corrected chi connectivity index (χ0v) is 19.0. The van der Waals surface area contributed by atoms with Gasteiger partial charge in [0.05, 0.1) is 11.6 Å². The van der Waals surface area contributed by atoms with Crippen molar-refractivity contribution in [2.75, 3.05) is 44.2 Å². The predicted molar refractivity (Wildman–Crippen MR) is 127 cm³/mol. The van der Waals surface area contributed by atoms with Crippen molar-refractivity contribution in [3.05, 3.63) is 42.5 Å². The van der Waals surface area contributed by atoms with Gasteiger partial charge in [-0.3, -0.25) is 9.69 Å². The molecule has 0 unspecified atom stereocenters. The first-order chi connectivity index (χ1) is 15.8. The van der Waals surface area contributed by atoms with Crippen molar-refractivity contribution >= 4 is 11.7 Å². The minimum absolute atomic E-state index is 0.0700. The van der Waals surface area contributed by atoms with E-state index in [-0.39, 0.29) is 5.92 Å². The normalized spacial score (nSPS) is 23.3. The molecule has 170 valence electrons. The second-order valence-electron chi connectivity index (χ2n) is 9.58. The Balaban J connectivity index is 1.16. The zero-order chi connectivity index (χ0) is 21.8. The van der Waals surface area contributed by atoms with Crippen molar-refractivity contribution < 1.29 is 4.79 Å². The summed E-state index contributed by atoms with van der Waals surface area (Å²) in [6, 6.07) is 15.0. The number of carbonyl (C=O) groups is 1. The number of rotatable bonds is 4. The summed E-state index contributed by atoms with van der Waals surface area (Å²) in [4.78, 5) is 20.3. The van der Waals surface area contributed by atoms with Crippen molar-refractivity contribution in [2.45, 2.75) is 51.0 Å². The molecule has 1 atom stereocenters. The van der Waals surface area contributed by atoms with Crippen LogP contribution < -0.4 is 4.90 Å². The number of benzene rings is 1. The van der Waals surface area contributed by atoms with E-state index in [0.717, 1.165) is 75.2 Å². The van der Waals surface area contributed by atoms with Gasteiger partial charge in [-0.05, 0) is 37.8 Å². The molecule has 3 fully saturated rings. The second-order valence-corrected chi connectivity index (χ2v) is 9.58. The largest absolute Gasteiger partial charge is 0.354 e. The fourth-order valence-electron chi connectivity index (χ4n) is 5.66. The van der Waals surface area contributed by atoms with Gasteiger partial charge in [0.15, 0.2) is 5.82 Å². The lowest BCUT2D eigenvalue weighted by atomic mass is 9.93. The Hall–Kier alpha value is -2.47. The maximum atomic E-state index is 13.3. The first-order valence-corrected chi connectivity index (χ1v) is 12.4. The molecule has 2 aliphatic heterocycles. The summed E-state index contributed by atoms with van der Waals surface area (Å²) in [6.45, 7) is 5.55. The van der Waals surface area contributed by atoms with E-state index in [4.69, 9.17) is 0 Å². The molecule has 2 aromatic rings. The predicted octanol–water partition coefficient (Wildman–Crippen LogP) is 3.84. The van der Waals surface area contributed by atoms with Crippen LogP contribution in [0, 0.1) is 5.92 Å². The Labute approximate surface area is 191 Å². The minimum atomic E-state index is 0.0700. The molecule has 1 aliphatic carbocycles. The summed E-state index contributed by atoms with van der Waals surface area (Å²) in [5, 5.41) is 8.94. The number of nitrogens with zero attached hydrogens (tertiary/aromatic N) is 5. The Bertz CT molecular complexity index is 873. The molecule has 0 bridgehead atoms. The van der Waals surface area contributed by atoms with Crippen LogP contribution in [0.1, 0.15) is 44.9 Å². The Morgan fingerprint density at radius 1 is 0.781 bits per heavy atom. The van der Waals surface area contributed by atoms with Crippen LogP contribution in [0.15, 0.2) is 42.5 Å². The van der Waals surface area contributed by atoms with Gasteiger partial charge < -0.3 is 9.80 Å². The van der Waals surface area contributed by atoms with Crippen LogP contribution in [0.2, 0.25) is 0 Å². The van der Waals surface area contributed by atoms with Gasteiger partial charge in [-0.2, -0.15) is 0 Å². The van der Waals surface area contributed by atoms with Crippen LogP contribution in [-0.4, -0.2) is 71.2 Å². The molecule has 6 heteroatoms. The molecule has 1 amide bonds. The van der Waals surface area contributed by atoms with E-state index >= 15 is 0 Å².